The lowest BCUT2D eigenvalue weighted by Gasteiger charge is -2.17. The molecule has 0 aliphatic carbocycles. The summed E-state index contributed by atoms with van der Waals surface area (Å²) in [7, 11) is 1.93. The van der Waals surface area contributed by atoms with Crippen LogP contribution >= 0.6 is 0 Å². The molecule has 0 aliphatic rings. The van der Waals surface area contributed by atoms with Crippen LogP contribution in [0.15, 0.2) is 18.3 Å². The van der Waals surface area contributed by atoms with Crippen LogP contribution in [0.2, 0.25) is 0 Å². The average Bonchev–Trinajstić information content (AvgIpc) is 2.37. The minimum atomic E-state index is 0.694. The number of rotatable bonds is 8. The molecule has 0 aliphatic heterocycles. The van der Waals surface area contributed by atoms with Gasteiger partial charge in [-0.25, -0.2) is 4.98 Å². The Kier molecular flexibility index (Phi) is 6.58. The van der Waals surface area contributed by atoms with Crippen LogP contribution in [-0.2, 0) is 6.54 Å². The molecule has 0 bridgehead atoms. The van der Waals surface area contributed by atoms with Gasteiger partial charge in [0.1, 0.15) is 6.61 Å². The van der Waals surface area contributed by atoms with Crippen molar-refractivity contribution >= 4 is 0 Å². The van der Waals surface area contributed by atoms with E-state index in [1.165, 1.54) is 5.56 Å². The number of pyridine rings is 1. The second-order valence-corrected chi connectivity index (χ2v) is 3.91. The molecule has 0 saturated carbocycles. The summed E-state index contributed by atoms with van der Waals surface area (Å²) in [6.45, 7) is 8.94. The third-order valence-electron chi connectivity index (χ3n) is 2.73. The van der Waals surface area contributed by atoms with E-state index in [1.807, 2.05) is 25.4 Å². The van der Waals surface area contributed by atoms with Crippen molar-refractivity contribution in [2.75, 3.05) is 33.3 Å². The van der Waals surface area contributed by atoms with Gasteiger partial charge in [-0.2, -0.15) is 0 Å². The molecule has 0 saturated heterocycles. The Morgan fingerprint density at radius 2 is 2.06 bits per heavy atom. The minimum Gasteiger partial charge on any atom is -0.476 e. The standard InChI is InChI=1S/C13H23N3O/c1-4-16(5-2)8-9-17-13-7-6-12(10-14-3)11-15-13/h6-7,11,14H,4-5,8-10H2,1-3H3. The van der Waals surface area contributed by atoms with Gasteiger partial charge in [-0.15, -0.1) is 0 Å². The highest BCUT2D eigenvalue weighted by atomic mass is 16.5. The van der Waals surface area contributed by atoms with Crippen LogP contribution in [0.3, 0.4) is 0 Å². The van der Waals surface area contributed by atoms with Crippen LogP contribution in [0.4, 0.5) is 0 Å². The Balaban J connectivity index is 2.31. The van der Waals surface area contributed by atoms with Crippen molar-refractivity contribution in [3.8, 4) is 5.88 Å². The monoisotopic (exact) mass is 237 g/mol. The molecule has 0 amide bonds. The summed E-state index contributed by atoms with van der Waals surface area (Å²) in [6, 6.07) is 3.96. The summed E-state index contributed by atoms with van der Waals surface area (Å²) in [4.78, 5) is 6.59. The molecule has 0 atom stereocenters. The number of nitrogens with one attached hydrogen (secondary N) is 1. The van der Waals surface area contributed by atoms with Gasteiger partial charge in [-0.1, -0.05) is 19.9 Å². The van der Waals surface area contributed by atoms with Crippen molar-refractivity contribution in [2.45, 2.75) is 20.4 Å². The number of likely N-dealkylation sites (N-methyl/N-ethyl adjacent to an activating group) is 1. The normalized spacial score (nSPS) is 10.8. The molecule has 0 fully saturated rings. The zero-order chi connectivity index (χ0) is 12.5. The number of hydrogen-bond acceptors (Lipinski definition) is 4. The summed E-state index contributed by atoms with van der Waals surface area (Å²) >= 11 is 0. The Hall–Kier alpha value is -1.13. The lowest BCUT2D eigenvalue weighted by Crippen LogP contribution is -2.28. The quantitative estimate of drug-likeness (QED) is 0.744. The first kappa shape index (κ1) is 13.9. The maximum absolute atomic E-state index is 5.60. The predicted octanol–water partition coefficient (Wildman–Crippen LogP) is 1.52. The van der Waals surface area contributed by atoms with E-state index in [1.54, 1.807) is 0 Å². The predicted molar refractivity (Wildman–Crippen MR) is 70.3 cm³/mol. The van der Waals surface area contributed by atoms with Gasteiger partial charge in [0.05, 0.1) is 0 Å². The van der Waals surface area contributed by atoms with Crippen LogP contribution in [0.25, 0.3) is 0 Å². The van der Waals surface area contributed by atoms with Crippen molar-refractivity contribution in [3.05, 3.63) is 23.9 Å². The van der Waals surface area contributed by atoms with Gasteiger partial charge in [0.2, 0.25) is 5.88 Å². The van der Waals surface area contributed by atoms with Crippen LogP contribution in [0.1, 0.15) is 19.4 Å². The number of hydrogen-bond donors (Lipinski definition) is 1. The van der Waals surface area contributed by atoms with Gasteiger partial charge in [-0.05, 0) is 25.7 Å². The van der Waals surface area contributed by atoms with Crippen LogP contribution in [0.5, 0.6) is 5.88 Å². The number of ether oxygens (including phenoxy) is 1. The molecule has 96 valence electrons. The minimum absolute atomic E-state index is 0.694. The molecule has 0 unspecified atom stereocenters. The Bertz CT molecular complexity index is 296. The molecule has 1 N–H and O–H groups in total. The van der Waals surface area contributed by atoms with Crippen molar-refractivity contribution in [3.63, 3.8) is 0 Å². The summed E-state index contributed by atoms with van der Waals surface area (Å²) in [5, 5.41) is 3.09. The lowest BCUT2D eigenvalue weighted by molar-refractivity contribution is 0.218. The molecule has 4 nitrogen and oxygen atoms in total. The molecule has 1 heterocycles. The smallest absolute Gasteiger partial charge is 0.213 e. The first-order valence-corrected chi connectivity index (χ1v) is 6.24. The fraction of sp³-hybridized carbons (Fsp3) is 0.615. The Labute approximate surface area is 104 Å². The van der Waals surface area contributed by atoms with E-state index in [0.29, 0.717) is 12.5 Å². The molecule has 0 aromatic carbocycles. The van der Waals surface area contributed by atoms with E-state index in [0.717, 1.165) is 26.2 Å². The largest absolute Gasteiger partial charge is 0.476 e. The summed E-state index contributed by atoms with van der Waals surface area (Å²) in [6.07, 6.45) is 1.85. The maximum atomic E-state index is 5.60. The summed E-state index contributed by atoms with van der Waals surface area (Å²) < 4.78 is 5.60. The van der Waals surface area contributed by atoms with Crippen LogP contribution in [-0.4, -0.2) is 43.2 Å². The topological polar surface area (TPSA) is 37.4 Å². The Morgan fingerprint density at radius 3 is 2.59 bits per heavy atom. The highest BCUT2D eigenvalue weighted by Gasteiger charge is 2.00. The number of aromatic nitrogens is 1. The molecule has 0 radical (unpaired) electrons. The van der Waals surface area contributed by atoms with Gasteiger partial charge >= 0.3 is 0 Å². The SMILES string of the molecule is CCN(CC)CCOc1ccc(CNC)cn1. The van der Waals surface area contributed by atoms with Gasteiger partial charge in [0.15, 0.2) is 0 Å². The Morgan fingerprint density at radius 1 is 1.29 bits per heavy atom. The maximum Gasteiger partial charge on any atom is 0.213 e. The molecule has 0 spiro atoms. The van der Waals surface area contributed by atoms with E-state index < -0.39 is 0 Å². The van der Waals surface area contributed by atoms with Crippen LogP contribution in [0, 0.1) is 0 Å². The van der Waals surface area contributed by atoms with E-state index in [-0.39, 0.29) is 0 Å². The summed E-state index contributed by atoms with van der Waals surface area (Å²) in [5.74, 6) is 0.706. The third kappa shape index (κ3) is 5.15. The van der Waals surface area contributed by atoms with Gasteiger partial charge in [-0.3, -0.25) is 0 Å². The molecule has 1 aromatic heterocycles. The second kappa shape index (κ2) is 8.03. The van der Waals surface area contributed by atoms with Crippen molar-refractivity contribution in [2.24, 2.45) is 0 Å². The van der Waals surface area contributed by atoms with Crippen LogP contribution < -0.4 is 10.1 Å². The zero-order valence-electron chi connectivity index (χ0n) is 11.1. The third-order valence-corrected chi connectivity index (χ3v) is 2.73. The van der Waals surface area contributed by atoms with Crippen molar-refractivity contribution in [1.29, 1.82) is 0 Å². The zero-order valence-corrected chi connectivity index (χ0v) is 11.1. The number of nitrogens with zero attached hydrogens (tertiary/aromatic N) is 2. The fourth-order valence-electron chi connectivity index (χ4n) is 1.62. The van der Waals surface area contributed by atoms with E-state index in [4.69, 9.17) is 4.74 Å². The van der Waals surface area contributed by atoms with Crippen molar-refractivity contribution in [1.82, 2.24) is 15.2 Å². The molecule has 1 rings (SSSR count). The second-order valence-electron chi connectivity index (χ2n) is 3.91. The van der Waals surface area contributed by atoms with Crippen molar-refractivity contribution < 1.29 is 4.74 Å². The molecular weight excluding hydrogens is 214 g/mol. The molecular formula is C13H23N3O. The van der Waals surface area contributed by atoms with E-state index in [9.17, 15) is 0 Å². The molecule has 17 heavy (non-hydrogen) atoms. The fourth-order valence-corrected chi connectivity index (χ4v) is 1.62. The first-order valence-electron chi connectivity index (χ1n) is 6.24. The lowest BCUT2D eigenvalue weighted by atomic mass is 10.3. The van der Waals surface area contributed by atoms with E-state index >= 15 is 0 Å². The van der Waals surface area contributed by atoms with E-state index in [2.05, 4.69) is 29.0 Å². The van der Waals surface area contributed by atoms with Gasteiger partial charge in [0, 0.05) is 25.4 Å². The highest BCUT2D eigenvalue weighted by Crippen LogP contribution is 2.07. The highest BCUT2D eigenvalue weighted by molar-refractivity contribution is 5.17. The molecule has 4 heteroatoms. The molecule has 1 aromatic rings. The first-order chi connectivity index (χ1) is 8.30. The van der Waals surface area contributed by atoms with Gasteiger partial charge in [0.25, 0.3) is 0 Å². The van der Waals surface area contributed by atoms with Gasteiger partial charge < -0.3 is 15.0 Å². The average molecular weight is 237 g/mol. The summed E-state index contributed by atoms with van der Waals surface area (Å²) in [5.41, 5.74) is 1.17.